The van der Waals surface area contributed by atoms with Gasteiger partial charge in [0.1, 0.15) is 0 Å². The molecule has 0 aromatic rings. The Balaban J connectivity index is 2.19. The van der Waals surface area contributed by atoms with Crippen LogP contribution >= 0.6 is 0 Å². The molecule has 2 aliphatic carbocycles. The van der Waals surface area contributed by atoms with Gasteiger partial charge in [0.2, 0.25) is 0 Å². The van der Waals surface area contributed by atoms with Gasteiger partial charge in [-0.15, -0.1) is 0 Å². The predicted octanol–water partition coefficient (Wildman–Crippen LogP) is 3.11. The van der Waals surface area contributed by atoms with Crippen LogP contribution in [0.15, 0.2) is 11.1 Å². The Morgan fingerprint density at radius 3 is 1.62 bits per heavy atom. The summed E-state index contributed by atoms with van der Waals surface area (Å²) >= 11 is 0. The molecule has 4 atom stereocenters. The standard InChI is InChI=1S/C17H26O4/c1-5-7-20-16(18)14-12-9-13(11(4)10(12)3)15(14)17(19)21-8-6-2/h12-15H,5-9H2,1-4H3. The zero-order valence-electron chi connectivity index (χ0n) is 13.5. The van der Waals surface area contributed by atoms with Gasteiger partial charge in [0.15, 0.2) is 0 Å². The van der Waals surface area contributed by atoms with Crippen molar-refractivity contribution >= 4 is 11.9 Å². The fourth-order valence-corrected chi connectivity index (χ4v) is 3.76. The lowest BCUT2D eigenvalue weighted by molar-refractivity contribution is -0.161. The van der Waals surface area contributed by atoms with Crippen molar-refractivity contribution in [1.29, 1.82) is 0 Å². The molecule has 1 saturated carbocycles. The number of allylic oxidation sites excluding steroid dienone is 2. The zero-order valence-corrected chi connectivity index (χ0v) is 13.5. The van der Waals surface area contributed by atoms with Crippen LogP contribution in [0.25, 0.3) is 0 Å². The van der Waals surface area contributed by atoms with Gasteiger partial charge in [0, 0.05) is 0 Å². The Kier molecular flexibility index (Phi) is 5.07. The summed E-state index contributed by atoms with van der Waals surface area (Å²) in [4.78, 5) is 24.8. The molecule has 2 bridgehead atoms. The van der Waals surface area contributed by atoms with E-state index in [9.17, 15) is 9.59 Å². The maximum absolute atomic E-state index is 12.4. The average Bonchev–Trinajstić information content (AvgIpc) is 3.00. The lowest BCUT2D eigenvalue weighted by Crippen LogP contribution is -2.37. The first-order chi connectivity index (χ1) is 10.0. The van der Waals surface area contributed by atoms with E-state index in [0.717, 1.165) is 19.3 Å². The van der Waals surface area contributed by atoms with Crippen LogP contribution in [0.5, 0.6) is 0 Å². The number of ether oxygens (including phenoxy) is 2. The van der Waals surface area contributed by atoms with E-state index in [0.29, 0.717) is 13.2 Å². The molecule has 4 unspecified atom stereocenters. The zero-order chi connectivity index (χ0) is 15.6. The maximum atomic E-state index is 12.4. The second kappa shape index (κ2) is 6.63. The molecule has 118 valence electrons. The quantitative estimate of drug-likeness (QED) is 0.558. The topological polar surface area (TPSA) is 52.6 Å². The Bertz CT molecular complexity index is 412. The van der Waals surface area contributed by atoms with Gasteiger partial charge in [-0.2, -0.15) is 0 Å². The Labute approximate surface area is 126 Å². The summed E-state index contributed by atoms with van der Waals surface area (Å²) in [5.41, 5.74) is 2.52. The number of hydrogen-bond acceptors (Lipinski definition) is 4. The Hall–Kier alpha value is -1.32. The number of esters is 2. The van der Waals surface area contributed by atoms with Crippen molar-refractivity contribution < 1.29 is 19.1 Å². The minimum atomic E-state index is -0.352. The van der Waals surface area contributed by atoms with Crippen molar-refractivity contribution in [3.63, 3.8) is 0 Å². The van der Waals surface area contributed by atoms with E-state index < -0.39 is 0 Å². The molecule has 0 N–H and O–H groups in total. The van der Waals surface area contributed by atoms with Crippen LogP contribution in [0, 0.1) is 23.7 Å². The number of carbonyl (C=O) groups is 2. The second-order valence-corrected chi connectivity index (χ2v) is 6.20. The van der Waals surface area contributed by atoms with Gasteiger partial charge in [0.25, 0.3) is 0 Å². The van der Waals surface area contributed by atoms with Crippen LogP contribution in [-0.4, -0.2) is 25.2 Å². The van der Waals surface area contributed by atoms with Crippen LogP contribution in [0.2, 0.25) is 0 Å². The minimum absolute atomic E-state index is 0.151. The molecule has 4 nitrogen and oxygen atoms in total. The first-order valence-corrected chi connectivity index (χ1v) is 8.03. The summed E-state index contributed by atoms with van der Waals surface area (Å²) in [6, 6.07) is 0. The number of carbonyl (C=O) groups excluding carboxylic acids is 2. The number of hydrogen-bond donors (Lipinski definition) is 0. The van der Waals surface area contributed by atoms with Crippen LogP contribution in [0.4, 0.5) is 0 Å². The summed E-state index contributed by atoms with van der Waals surface area (Å²) in [6.45, 7) is 8.94. The second-order valence-electron chi connectivity index (χ2n) is 6.20. The molecule has 0 aromatic heterocycles. The van der Waals surface area contributed by atoms with Gasteiger partial charge in [0.05, 0.1) is 25.0 Å². The first-order valence-electron chi connectivity index (χ1n) is 8.03. The van der Waals surface area contributed by atoms with E-state index in [2.05, 4.69) is 13.8 Å². The normalized spacial score (nSPS) is 30.7. The van der Waals surface area contributed by atoms with Crippen molar-refractivity contribution in [2.24, 2.45) is 23.7 Å². The van der Waals surface area contributed by atoms with E-state index in [-0.39, 0.29) is 35.6 Å². The van der Waals surface area contributed by atoms with E-state index in [1.54, 1.807) is 0 Å². The molecule has 0 saturated heterocycles. The van der Waals surface area contributed by atoms with Crippen LogP contribution < -0.4 is 0 Å². The fourth-order valence-electron chi connectivity index (χ4n) is 3.76. The van der Waals surface area contributed by atoms with Crippen LogP contribution in [-0.2, 0) is 19.1 Å². The molecule has 2 rings (SSSR count). The summed E-state index contributed by atoms with van der Waals surface area (Å²) < 4.78 is 10.7. The van der Waals surface area contributed by atoms with E-state index in [1.807, 2.05) is 13.8 Å². The highest BCUT2D eigenvalue weighted by Crippen LogP contribution is 2.55. The summed E-state index contributed by atoms with van der Waals surface area (Å²) in [7, 11) is 0. The van der Waals surface area contributed by atoms with E-state index >= 15 is 0 Å². The third kappa shape index (κ3) is 2.85. The molecular weight excluding hydrogens is 268 g/mol. The van der Waals surface area contributed by atoms with Gasteiger partial charge in [-0.05, 0) is 44.9 Å². The Morgan fingerprint density at radius 2 is 1.29 bits per heavy atom. The van der Waals surface area contributed by atoms with Crippen molar-refractivity contribution in [3.05, 3.63) is 11.1 Å². The molecule has 2 aliphatic rings. The highest BCUT2D eigenvalue weighted by atomic mass is 16.5. The highest BCUT2D eigenvalue weighted by Gasteiger charge is 2.56. The molecule has 0 radical (unpaired) electrons. The molecule has 1 fully saturated rings. The smallest absolute Gasteiger partial charge is 0.310 e. The third-order valence-electron chi connectivity index (χ3n) is 4.94. The highest BCUT2D eigenvalue weighted by molar-refractivity contribution is 5.85. The van der Waals surface area contributed by atoms with Gasteiger partial charge < -0.3 is 9.47 Å². The Morgan fingerprint density at radius 1 is 0.905 bits per heavy atom. The summed E-state index contributed by atoms with van der Waals surface area (Å²) in [6.07, 6.45) is 2.48. The van der Waals surface area contributed by atoms with Gasteiger partial charge in [-0.3, -0.25) is 9.59 Å². The third-order valence-corrected chi connectivity index (χ3v) is 4.94. The van der Waals surface area contributed by atoms with E-state index in [1.165, 1.54) is 11.1 Å². The molecule has 0 spiro atoms. The fraction of sp³-hybridized carbons (Fsp3) is 0.765. The monoisotopic (exact) mass is 294 g/mol. The predicted molar refractivity (Wildman–Crippen MR) is 79.5 cm³/mol. The number of fused-ring (bicyclic) bond motifs is 2. The minimum Gasteiger partial charge on any atom is -0.465 e. The largest absolute Gasteiger partial charge is 0.465 e. The first kappa shape index (κ1) is 16.1. The van der Waals surface area contributed by atoms with Crippen molar-refractivity contribution in [3.8, 4) is 0 Å². The maximum Gasteiger partial charge on any atom is 0.310 e. The van der Waals surface area contributed by atoms with Crippen molar-refractivity contribution in [2.75, 3.05) is 13.2 Å². The average molecular weight is 294 g/mol. The molecule has 21 heavy (non-hydrogen) atoms. The lowest BCUT2D eigenvalue weighted by atomic mass is 9.76. The van der Waals surface area contributed by atoms with Gasteiger partial charge in [-0.25, -0.2) is 0 Å². The molecular formula is C17H26O4. The van der Waals surface area contributed by atoms with Crippen LogP contribution in [0.3, 0.4) is 0 Å². The summed E-state index contributed by atoms with van der Waals surface area (Å²) in [5.74, 6) is -0.856. The molecule has 0 aliphatic heterocycles. The van der Waals surface area contributed by atoms with Crippen molar-refractivity contribution in [2.45, 2.75) is 47.0 Å². The van der Waals surface area contributed by atoms with Gasteiger partial charge in [-0.1, -0.05) is 25.0 Å². The van der Waals surface area contributed by atoms with Crippen LogP contribution in [0.1, 0.15) is 47.0 Å². The lowest BCUT2D eigenvalue weighted by Gasteiger charge is -2.29. The van der Waals surface area contributed by atoms with E-state index in [4.69, 9.17) is 9.47 Å². The summed E-state index contributed by atoms with van der Waals surface area (Å²) in [5, 5.41) is 0. The molecule has 0 amide bonds. The van der Waals surface area contributed by atoms with Gasteiger partial charge >= 0.3 is 11.9 Å². The molecule has 0 heterocycles. The molecule has 4 heteroatoms. The molecule has 0 aromatic carbocycles. The SMILES string of the molecule is CCCOC(=O)C1C2CC(C(C)=C2C)C1C(=O)OCCC. The van der Waals surface area contributed by atoms with Crippen molar-refractivity contribution in [1.82, 2.24) is 0 Å². The number of rotatable bonds is 6.